The summed E-state index contributed by atoms with van der Waals surface area (Å²) >= 11 is 1.84. The van der Waals surface area contributed by atoms with Gasteiger partial charge in [0.1, 0.15) is 11.2 Å². The molecule has 0 saturated heterocycles. The second-order valence-corrected chi connectivity index (χ2v) is 14.2. The van der Waals surface area contributed by atoms with Crippen LogP contribution in [0.5, 0.6) is 0 Å². The fourth-order valence-corrected chi connectivity index (χ4v) is 8.91. The van der Waals surface area contributed by atoms with Gasteiger partial charge in [-0.2, -0.15) is 0 Å². The summed E-state index contributed by atoms with van der Waals surface area (Å²) in [6.07, 6.45) is 8.82. The summed E-state index contributed by atoms with van der Waals surface area (Å²) in [5.41, 5.74) is 12.7. The highest BCUT2D eigenvalue weighted by molar-refractivity contribution is 7.26. The first-order valence-corrected chi connectivity index (χ1v) is 18.4. The number of hydrogen-bond acceptors (Lipinski definition) is 3. The molecule has 2 aromatic heterocycles. The molecule has 0 unspecified atom stereocenters. The topological polar surface area (TPSA) is 16.4 Å². The molecular formula is C48H33NOS. The first-order chi connectivity index (χ1) is 25.3. The Bertz CT molecular complexity index is 2790. The van der Waals surface area contributed by atoms with E-state index in [0.717, 1.165) is 51.8 Å². The summed E-state index contributed by atoms with van der Waals surface area (Å²) in [6.45, 7) is 0. The van der Waals surface area contributed by atoms with Crippen molar-refractivity contribution in [3.05, 3.63) is 182 Å². The average Bonchev–Trinajstić information content (AvgIpc) is 3.78. The van der Waals surface area contributed by atoms with Crippen LogP contribution >= 0.6 is 11.3 Å². The molecule has 0 bridgehead atoms. The molecule has 0 saturated carbocycles. The lowest BCUT2D eigenvalue weighted by molar-refractivity contribution is 0.673. The maximum atomic E-state index is 6.68. The Hall–Kier alpha value is -6.16. The average molecular weight is 672 g/mol. The van der Waals surface area contributed by atoms with Crippen LogP contribution in [0.1, 0.15) is 18.4 Å². The molecule has 7 aromatic carbocycles. The lowest BCUT2D eigenvalue weighted by Gasteiger charge is -2.28. The van der Waals surface area contributed by atoms with E-state index in [9.17, 15) is 0 Å². The third-order valence-corrected chi connectivity index (χ3v) is 11.3. The first-order valence-electron chi connectivity index (χ1n) is 17.6. The van der Waals surface area contributed by atoms with Crippen LogP contribution in [0.15, 0.2) is 180 Å². The third-order valence-electron chi connectivity index (χ3n) is 10.2. The molecule has 0 N–H and O–H groups in total. The summed E-state index contributed by atoms with van der Waals surface area (Å²) in [6, 6.07) is 57.1. The van der Waals surface area contributed by atoms with Crippen molar-refractivity contribution in [3.8, 4) is 22.3 Å². The first kappa shape index (κ1) is 29.7. The Labute approximate surface area is 300 Å². The minimum Gasteiger partial charge on any atom is -0.455 e. The minimum atomic E-state index is 0.908. The molecule has 9 aromatic rings. The molecule has 0 radical (unpaired) electrons. The predicted octanol–water partition coefficient (Wildman–Crippen LogP) is 14.5. The molecular weight excluding hydrogens is 639 g/mol. The summed E-state index contributed by atoms with van der Waals surface area (Å²) in [7, 11) is 0. The number of nitrogens with zero attached hydrogens (tertiary/aromatic N) is 1. The Morgan fingerprint density at radius 2 is 1.24 bits per heavy atom. The zero-order valence-corrected chi connectivity index (χ0v) is 28.7. The van der Waals surface area contributed by atoms with Crippen molar-refractivity contribution >= 4 is 76.1 Å². The molecule has 0 fully saturated rings. The van der Waals surface area contributed by atoms with Gasteiger partial charge in [0.15, 0.2) is 0 Å². The number of rotatable bonds is 6. The van der Waals surface area contributed by atoms with Gasteiger partial charge in [0.25, 0.3) is 0 Å². The molecule has 0 atom stereocenters. The van der Waals surface area contributed by atoms with Crippen LogP contribution in [-0.2, 0) is 0 Å². The summed E-state index contributed by atoms with van der Waals surface area (Å²) in [4.78, 5) is 2.46. The molecule has 1 aliphatic carbocycles. The number of hydrogen-bond donors (Lipinski definition) is 0. The number of fused-ring (bicyclic) bond motifs is 7. The van der Waals surface area contributed by atoms with E-state index >= 15 is 0 Å². The number of allylic oxidation sites excluding steroid dienone is 4. The lowest BCUT2D eigenvalue weighted by atomic mass is 9.93. The third kappa shape index (κ3) is 5.09. The normalized spacial score (nSPS) is 13.0. The van der Waals surface area contributed by atoms with Crippen LogP contribution in [-0.4, -0.2) is 0 Å². The second-order valence-electron chi connectivity index (χ2n) is 13.2. The van der Waals surface area contributed by atoms with Gasteiger partial charge < -0.3 is 9.32 Å². The van der Waals surface area contributed by atoms with Gasteiger partial charge in [-0.15, -0.1) is 11.3 Å². The van der Waals surface area contributed by atoms with E-state index < -0.39 is 0 Å². The van der Waals surface area contributed by atoms with E-state index in [1.807, 2.05) is 11.3 Å². The Morgan fingerprint density at radius 1 is 0.549 bits per heavy atom. The van der Waals surface area contributed by atoms with Crippen LogP contribution < -0.4 is 4.90 Å². The van der Waals surface area contributed by atoms with Crippen molar-refractivity contribution < 1.29 is 4.42 Å². The fourth-order valence-electron chi connectivity index (χ4n) is 7.71. The van der Waals surface area contributed by atoms with Crippen molar-refractivity contribution in [1.82, 2.24) is 0 Å². The maximum Gasteiger partial charge on any atom is 0.144 e. The Morgan fingerprint density at radius 3 is 2.00 bits per heavy atom. The van der Waals surface area contributed by atoms with E-state index in [1.54, 1.807) is 0 Å². The van der Waals surface area contributed by atoms with Gasteiger partial charge in [-0.1, -0.05) is 133 Å². The molecule has 242 valence electrons. The van der Waals surface area contributed by atoms with Gasteiger partial charge in [-0.05, 0) is 88.7 Å². The highest BCUT2D eigenvalue weighted by Crippen LogP contribution is 2.50. The van der Waals surface area contributed by atoms with E-state index in [0.29, 0.717) is 0 Å². The zero-order valence-electron chi connectivity index (χ0n) is 27.9. The van der Waals surface area contributed by atoms with Crippen molar-refractivity contribution in [2.45, 2.75) is 12.8 Å². The Balaban J connectivity index is 1.27. The van der Waals surface area contributed by atoms with Crippen LogP contribution in [0.2, 0.25) is 0 Å². The van der Waals surface area contributed by atoms with Crippen molar-refractivity contribution in [2.75, 3.05) is 4.90 Å². The minimum absolute atomic E-state index is 0.908. The number of para-hydroxylation sites is 1. The van der Waals surface area contributed by atoms with Crippen molar-refractivity contribution in [1.29, 1.82) is 0 Å². The van der Waals surface area contributed by atoms with E-state index in [4.69, 9.17) is 4.42 Å². The summed E-state index contributed by atoms with van der Waals surface area (Å²) in [5.74, 6) is 0. The number of furan rings is 1. The molecule has 3 heteroatoms. The lowest BCUT2D eigenvalue weighted by Crippen LogP contribution is -2.10. The monoisotopic (exact) mass is 671 g/mol. The van der Waals surface area contributed by atoms with Gasteiger partial charge in [-0.3, -0.25) is 0 Å². The fraction of sp³-hybridized carbons (Fsp3) is 0.0417. The van der Waals surface area contributed by atoms with Crippen molar-refractivity contribution in [2.24, 2.45) is 0 Å². The van der Waals surface area contributed by atoms with E-state index in [1.165, 1.54) is 53.6 Å². The smallest absolute Gasteiger partial charge is 0.144 e. The largest absolute Gasteiger partial charge is 0.455 e. The predicted molar refractivity (Wildman–Crippen MR) is 219 cm³/mol. The van der Waals surface area contributed by atoms with Crippen molar-refractivity contribution in [3.63, 3.8) is 0 Å². The molecule has 0 aliphatic heterocycles. The number of anilines is 3. The maximum absolute atomic E-state index is 6.68. The molecule has 2 heterocycles. The molecule has 10 rings (SSSR count). The van der Waals surface area contributed by atoms with Crippen LogP contribution in [0.3, 0.4) is 0 Å². The molecule has 0 amide bonds. The van der Waals surface area contributed by atoms with Crippen LogP contribution in [0.4, 0.5) is 17.1 Å². The second kappa shape index (κ2) is 12.3. The van der Waals surface area contributed by atoms with Gasteiger partial charge in [0, 0.05) is 37.6 Å². The van der Waals surface area contributed by atoms with Gasteiger partial charge in [0.05, 0.1) is 10.4 Å². The summed E-state index contributed by atoms with van der Waals surface area (Å²) < 4.78 is 9.14. The summed E-state index contributed by atoms with van der Waals surface area (Å²) in [5, 5.41) is 4.65. The van der Waals surface area contributed by atoms with Gasteiger partial charge >= 0.3 is 0 Å². The number of thiophene rings is 1. The highest BCUT2D eigenvalue weighted by atomic mass is 32.1. The van der Waals surface area contributed by atoms with Crippen LogP contribution in [0, 0.1) is 0 Å². The van der Waals surface area contributed by atoms with E-state index in [-0.39, 0.29) is 0 Å². The molecule has 2 nitrogen and oxygen atoms in total. The van der Waals surface area contributed by atoms with E-state index in [2.05, 4.69) is 181 Å². The quantitative estimate of drug-likeness (QED) is 0.175. The standard InChI is InChI=1S/C48H33NOS/c1-4-14-32(15-5-1)33-24-26-36(27-25-33)49(37-28-29-38(34-16-6-2-7-17-34)41(30-37)35-18-8-3-9-19-35)43-31-42-39-20-10-12-22-44(39)50-47(42)46-40-21-11-13-23-45(40)51-48(43)46/h1-4,6-14,16-31H,5,15H2. The number of benzene rings is 7. The Kier molecular flexibility index (Phi) is 7.18. The molecule has 0 spiro atoms. The van der Waals surface area contributed by atoms with Crippen LogP contribution in [0.25, 0.3) is 69.9 Å². The SMILES string of the molecule is C1=CCCC(c2ccc(N(c3ccc(-c4ccccc4)c(-c4ccccc4)c3)c3cc4c5ccccc5oc4c4c3sc3ccccc34)cc2)=C1. The highest BCUT2D eigenvalue weighted by Gasteiger charge is 2.24. The molecule has 1 aliphatic rings. The van der Waals surface area contributed by atoms with Gasteiger partial charge in [0.2, 0.25) is 0 Å². The molecule has 51 heavy (non-hydrogen) atoms. The zero-order chi connectivity index (χ0) is 33.7. The van der Waals surface area contributed by atoms with Gasteiger partial charge in [-0.25, -0.2) is 0 Å².